The van der Waals surface area contributed by atoms with E-state index in [-0.39, 0.29) is 5.91 Å². The quantitative estimate of drug-likeness (QED) is 0.779. The summed E-state index contributed by atoms with van der Waals surface area (Å²) in [6.07, 6.45) is 7.18. The molecule has 0 spiro atoms. The van der Waals surface area contributed by atoms with E-state index in [1.807, 2.05) is 24.4 Å². The van der Waals surface area contributed by atoms with Gasteiger partial charge in [-0.15, -0.1) is 0 Å². The van der Waals surface area contributed by atoms with Crippen molar-refractivity contribution in [2.75, 3.05) is 26.2 Å². The number of carbonyl (C=O) groups excluding carboxylic acids is 1. The van der Waals surface area contributed by atoms with Gasteiger partial charge in [0.05, 0.1) is 6.54 Å². The highest BCUT2D eigenvalue weighted by Crippen LogP contribution is 2.21. The van der Waals surface area contributed by atoms with Gasteiger partial charge in [-0.3, -0.25) is 9.69 Å². The molecule has 5 heteroatoms. The van der Waals surface area contributed by atoms with Crippen LogP contribution in [0.5, 0.6) is 0 Å². The number of carbonyl (C=O) groups is 1. The Hall–Kier alpha value is -2.14. The average molecular weight is 369 g/mol. The molecule has 1 aliphatic rings. The molecule has 0 aliphatic carbocycles. The number of hydrogen-bond donors (Lipinski definition) is 1. The lowest BCUT2D eigenvalue weighted by atomic mass is 9.96. The van der Waals surface area contributed by atoms with Crippen molar-refractivity contribution in [2.45, 2.75) is 45.6 Å². The number of nitrogens with one attached hydrogen (secondary N) is 1. The molecule has 2 heterocycles. The maximum atomic E-state index is 12.2. The van der Waals surface area contributed by atoms with Gasteiger partial charge in [0.2, 0.25) is 5.91 Å². The molecule has 1 aromatic carbocycles. The maximum absolute atomic E-state index is 12.2. The van der Waals surface area contributed by atoms with Gasteiger partial charge in [-0.2, -0.15) is 0 Å². The molecule has 0 saturated carbocycles. The summed E-state index contributed by atoms with van der Waals surface area (Å²) in [4.78, 5) is 19.0. The van der Waals surface area contributed by atoms with Gasteiger partial charge >= 0.3 is 0 Å². The number of aromatic nitrogens is 2. The Kier molecular flexibility index (Phi) is 7.04. The van der Waals surface area contributed by atoms with Gasteiger partial charge in [-0.25, -0.2) is 4.98 Å². The van der Waals surface area contributed by atoms with Gasteiger partial charge in [0, 0.05) is 31.4 Å². The number of amides is 1. The molecule has 27 heavy (non-hydrogen) atoms. The summed E-state index contributed by atoms with van der Waals surface area (Å²) in [6.45, 7) is 8.66. The molecular formula is C22H32N4O. The summed E-state index contributed by atoms with van der Waals surface area (Å²) >= 11 is 0. The Bertz CT molecular complexity index is 702. The average Bonchev–Trinajstić information content (AvgIpc) is 3.13. The highest BCUT2D eigenvalue weighted by Gasteiger charge is 2.22. The van der Waals surface area contributed by atoms with Gasteiger partial charge in [0.15, 0.2) is 0 Å². The molecule has 2 aromatic rings. The minimum absolute atomic E-state index is 0.140. The van der Waals surface area contributed by atoms with E-state index in [9.17, 15) is 4.79 Å². The highest BCUT2D eigenvalue weighted by molar-refractivity contribution is 5.78. The lowest BCUT2D eigenvalue weighted by Crippen LogP contribution is -2.42. The number of rotatable bonds is 8. The first-order chi connectivity index (χ1) is 13.1. The molecule has 1 saturated heterocycles. The molecule has 0 unspecified atom stereocenters. The Balaban J connectivity index is 1.35. The summed E-state index contributed by atoms with van der Waals surface area (Å²) < 4.78 is 2.31. The van der Waals surface area contributed by atoms with Crippen molar-refractivity contribution in [3.8, 4) is 0 Å². The summed E-state index contributed by atoms with van der Waals surface area (Å²) in [6, 6.07) is 10.3. The van der Waals surface area contributed by atoms with Crippen LogP contribution in [0.25, 0.3) is 0 Å². The van der Waals surface area contributed by atoms with E-state index >= 15 is 0 Å². The van der Waals surface area contributed by atoms with E-state index in [0.29, 0.717) is 24.9 Å². The molecule has 5 nitrogen and oxygen atoms in total. The second-order valence-electron chi connectivity index (χ2n) is 7.90. The standard InChI is InChI=1S/C22H32N4O/c1-18(2)22-24-12-15-26(22)16-20-9-13-25(14-10-20)17-21(27)23-11-8-19-6-4-3-5-7-19/h3-7,12,15,18,20H,8-11,13-14,16-17H2,1-2H3,(H,23,27). The number of piperidine rings is 1. The van der Waals surface area contributed by atoms with Crippen LogP contribution in [0.15, 0.2) is 42.7 Å². The first-order valence-electron chi connectivity index (χ1n) is 10.2. The van der Waals surface area contributed by atoms with Crippen molar-refractivity contribution in [3.63, 3.8) is 0 Å². The zero-order valence-electron chi connectivity index (χ0n) is 16.6. The van der Waals surface area contributed by atoms with Crippen molar-refractivity contribution in [3.05, 3.63) is 54.1 Å². The molecule has 1 fully saturated rings. The fourth-order valence-electron chi connectivity index (χ4n) is 3.83. The largest absolute Gasteiger partial charge is 0.355 e. The van der Waals surface area contributed by atoms with E-state index in [0.717, 1.165) is 38.9 Å². The van der Waals surface area contributed by atoms with Crippen molar-refractivity contribution < 1.29 is 4.79 Å². The zero-order valence-corrected chi connectivity index (χ0v) is 16.6. The first-order valence-corrected chi connectivity index (χ1v) is 10.2. The van der Waals surface area contributed by atoms with E-state index in [4.69, 9.17) is 0 Å². The van der Waals surface area contributed by atoms with Crippen LogP contribution < -0.4 is 5.32 Å². The third-order valence-corrected chi connectivity index (χ3v) is 5.37. The van der Waals surface area contributed by atoms with Crippen molar-refractivity contribution in [2.24, 2.45) is 5.92 Å². The second kappa shape index (κ2) is 9.70. The first kappa shape index (κ1) is 19.6. The summed E-state index contributed by atoms with van der Waals surface area (Å²) in [5.41, 5.74) is 1.26. The van der Waals surface area contributed by atoms with Crippen molar-refractivity contribution in [1.82, 2.24) is 19.8 Å². The molecular weight excluding hydrogens is 336 g/mol. The molecule has 3 rings (SSSR count). The molecule has 1 aliphatic heterocycles. The smallest absolute Gasteiger partial charge is 0.234 e. The fourth-order valence-corrected chi connectivity index (χ4v) is 3.83. The minimum Gasteiger partial charge on any atom is -0.355 e. The summed E-state index contributed by atoms with van der Waals surface area (Å²) in [5.74, 6) is 2.45. The Morgan fingerprint density at radius 2 is 1.96 bits per heavy atom. The van der Waals surface area contributed by atoms with Gasteiger partial charge in [-0.05, 0) is 43.8 Å². The van der Waals surface area contributed by atoms with Crippen LogP contribution in [-0.2, 0) is 17.8 Å². The van der Waals surface area contributed by atoms with Crippen LogP contribution in [0, 0.1) is 5.92 Å². The van der Waals surface area contributed by atoms with Crippen LogP contribution in [0.1, 0.15) is 44.0 Å². The van der Waals surface area contributed by atoms with Gasteiger partial charge < -0.3 is 9.88 Å². The van der Waals surface area contributed by atoms with Gasteiger partial charge in [0.25, 0.3) is 0 Å². The normalized spacial score (nSPS) is 16.0. The Morgan fingerprint density at radius 1 is 1.22 bits per heavy atom. The molecule has 146 valence electrons. The van der Waals surface area contributed by atoms with Gasteiger partial charge in [-0.1, -0.05) is 44.2 Å². The molecule has 0 radical (unpaired) electrons. The van der Waals surface area contributed by atoms with E-state index < -0.39 is 0 Å². The lowest BCUT2D eigenvalue weighted by Gasteiger charge is -2.32. The van der Waals surface area contributed by atoms with Crippen molar-refractivity contribution >= 4 is 5.91 Å². The summed E-state index contributed by atoms with van der Waals surface area (Å²) in [5, 5.41) is 3.05. The number of likely N-dealkylation sites (tertiary alicyclic amines) is 1. The van der Waals surface area contributed by atoms with Crippen LogP contribution in [0.3, 0.4) is 0 Å². The molecule has 1 aromatic heterocycles. The number of benzene rings is 1. The molecule has 1 N–H and O–H groups in total. The lowest BCUT2D eigenvalue weighted by molar-refractivity contribution is -0.122. The van der Waals surface area contributed by atoms with Crippen LogP contribution in [-0.4, -0.2) is 46.5 Å². The third kappa shape index (κ3) is 5.93. The van der Waals surface area contributed by atoms with Gasteiger partial charge in [0.1, 0.15) is 5.82 Å². The topological polar surface area (TPSA) is 50.2 Å². The van der Waals surface area contributed by atoms with Crippen LogP contribution in [0.2, 0.25) is 0 Å². The number of imidazole rings is 1. The minimum atomic E-state index is 0.140. The predicted molar refractivity (Wildman–Crippen MR) is 109 cm³/mol. The van der Waals surface area contributed by atoms with Crippen LogP contribution >= 0.6 is 0 Å². The Labute approximate surface area is 162 Å². The molecule has 0 atom stereocenters. The maximum Gasteiger partial charge on any atom is 0.234 e. The summed E-state index contributed by atoms with van der Waals surface area (Å²) in [7, 11) is 0. The van der Waals surface area contributed by atoms with Crippen molar-refractivity contribution in [1.29, 1.82) is 0 Å². The Morgan fingerprint density at radius 3 is 2.67 bits per heavy atom. The predicted octanol–water partition coefficient (Wildman–Crippen LogP) is 3.08. The SMILES string of the molecule is CC(C)c1nccn1CC1CCN(CC(=O)NCCc2ccccc2)CC1. The monoisotopic (exact) mass is 368 g/mol. The van der Waals surface area contributed by atoms with E-state index in [2.05, 4.69) is 51.9 Å². The highest BCUT2D eigenvalue weighted by atomic mass is 16.2. The number of nitrogens with zero attached hydrogens (tertiary/aromatic N) is 3. The zero-order chi connectivity index (χ0) is 19.1. The second-order valence-corrected chi connectivity index (χ2v) is 7.90. The van der Waals surface area contributed by atoms with E-state index in [1.165, 1.54) is 11.4 Å². The van der Waals surface area contributed by atoms with E-state index in [1.54, 1.807) is 0 Å². The molecule has 0 bridgehead atoms. The third-order valence-electron chi connectivity index (χ3n) is 5.37. The molecule has 1 amide bonds. The van der Waals surface area contributed by atoms with Crippen LogP contribution in [0.4, 0.5) is 0 Å². The fraction of sp³-hybridized carbons (Fsp3) is 0.545. The number of hydrogen-bond acceptors (Lipinski definition) is 3.